The number of rotatable bonds is 10. The van der Waals surface area contributed by atoms with Gasteiger partial charge in [0, 0.05) is 29.9 Å². The van der Waals surface area contributed by atoms with E-state index in [9.17, 15) is 19.5 Å². The molecule has 41 heavy (non-hydrogen) atoms. The number of halogens is 1. The Morgan fingerprint density at radius 2 is 2.02 bits per heavy atom. The van der Waals surface area contributed by atoms with Crippen molar-refractivity contribution >= 4 is 29.4 Å². The molecule has 0 aromatic heterocycles. The second-order valence-electron chi connectivity index (χ2n) is 10.3. The highest BCUT2D eigenvalue weighted by Crippen LogP contribution is 2.32. The number of carbonyl (C=O) groups is 3. The molecular weight excluding hydrogens is 556 g/mol. The van der Waals surface area contributed by atoms with E-state index in [1.165, 1.54) is 25.3 Å². The lowest BCUT2D eigenvalue weighted by Gasteiger charge is -2.34. The summed E-state index contributed by atoms with van der Waals surface area (Å²) in [6.45, 7) is 3.89. The highest BCUT2D eigenvalue weighted by Gasteiger charge is 2.46. The number of fused-ring (bicyclic) bond motifs is 1. The molecular formula is C28H31ClN4O8. The number of methoxy groups -OCH3 is 1. The molecule has 2 heterocycles. The highest BCUT2D eigenvalue weighted by molar-refractivity contribution is 6.30. The summed E-state index contributed by atoms with van der Waals surface area (Å²) in [7, 11) is 1.40. The average Bonchev–Trinajstić information content (AvgIpc) is 3.33. The van der Waals surface area contributed by atoms with Crippen molar-refractivity contribution in [2.45, 2.75) is 69.8 Å². The zero-order valence-corrected chi connectivity index (χ0v) is 23.5. The minimum Gasteiger partial charge on any atom is -0.507 e. The largest absolute Gasteiger partial charge is 0.507 e. The smallest absolute Gasteiger partial charge is 0.342 e. The number of nitrogens with one attached hydrogen (secondary N) is 1. The van der Waals surface area contributed by atoms with Gasteiger partial charge in [-0.3, -0.25) is 4.79 Å². The lowest BCUT2D eigenvalue weighted by Crippen LogP contribution is -2.55. The van der Waals surface area contributed by atoms with Crippen molar-refractivity contribution < 1.29 is 38.4 Å². The molecule has 0 bridgehead atoms. The van der Waals surface area contributed by atoms with E-state index in [0.717, 1.165) is 0 Å². The van der Waals surface area contributed by atoms with Crippen LogP contribution < -0.4 is 5.32 Å². The number of phenolic OH excluding ortho intramolecular Hbond substituents is 1. The zero-order valence-electron chi connectivity index (χ0n) is 22.7. The van der Waals surface area contributed by atoms with Crippen LogP contribution in [-0.2, 0) is 30.2 Å². The molecule has 0 aliphatic carbocycles. The van der Waals surface area contributed by atoms with Gasteiger partial charge in [-0.1, -0.05) is 48.8 Å². The Morgan fingerprint density at radius 1 is 1.27 bits per heavy atom. The molecule has 4 rings (SSSR count). The van der Waals surface area contributed by atoms with Crippen LogP contribution in [0.5, 0.6) is 5.75 Å². The van der Waals surface area contributed by atoms with Crippen LogP contribution in [0.3, 0.4) is 0 Å². The maximum atomic E-state index is 13.9. The molecule has 218 valence electrons. The SMILES string of the molecule is CO[C@@H]1C[C@H](N=[N+]=[N-])[C@@H]([C@H](OC(=O)c2cccc(Cl)c2)C(=O)N[C@@H](CC(C)C)[C@@H]2Cc3cccc(O)c3C(=O)O2)O1. The number of carbonyl (C=O) groups excluding carboxylic acids is 3. The van der Waals surface area contributed by atoms with E-state index in [0.29, 0.717) is 17.0 Å². The Bertz CT molecular complexity index is 1350. The Kier molecular flexibility index (Phi) is 9.72. The molecule has 2 aromatic carbocycles. The fourth-order valence-corrected chi connectivity index (χ4v) is 5.26. The van der Waals surface area contributed by atoms with Gasteiger partial charge in [-0.25, -0.2) is 9.59 Å². The summed E-state index contributed by atoms with van der Waals surface area (Å²) in [5.41, 5.74) is 9.91. The molecule has 0 spiro atoms. The summed E-state index contributed by atoms with van der Waals surface area (Å²) < 4.78 is 22.4. The van der Waals surface area contributed by atoms with Crippen molar-refractivity contribution in [3.05, 3.63) is 74.6 Å². The lowest BCUT2D eigenvalue weighted by atomic mass is 9.90. The number of cyclic esters (lactones) is 1. The first-order chi connectivity index (χ1) is 19.6. The van der Waals surface area contributed by atoms with Gasteiger partial charge in [-0.15, -0.1) is 0 Å². The Balaban J connectivity index is 1.63. The van der Waals surface area contributed by atoms with E-state index in [2.05, 4.69) is 15.3 Å². The standard InChI is InChI=1S/C28H31ClN4O8/c1-14(2)10-18(21-12-15-6-5-9-20(34)23(15)28(37)39-21)31-26(35)25(24-19(32-33-30)13-22(38-3)40-24)41-27(36)16-7-4-8-17(29)11-16/h4-9,11,14,18-19,21-22,24-25,34H,10,12-13H2,1-3H3,(H,31,35)/t18-,19-,21-,22-,24-,25-/m0/s1. The minimum absolute atomic E-state index is 0.0774. The molecule has 12 nitrogen and oxygen atoms in total. The number of nitrogens with zero attached hydrogens (tertiary/aromatic N) is 3. The van der Waals surface area contributed by atoms with E-state index < -0.39 is 54.5 Å². The molecule has 2 aliphatic heterocycles. The number of hydrogen-bond acceptors (Lipinski definition) is 9. The third-order valence-electron chi connectivity index (χ3n) is 6.95. The number of benzene rings is 2. The number of amides is 1. The summed E-state index contributed by atoms with van der Waals surface area (Å²) in [6.07, 6.45) is -3.49. The van der Waals surface area contributed by atoms with Crippen molar-refractivity contribution in [3.63, 3.8) is 0 Å². The van der Waals surface area contributed by atoms with E-state index in [1.54, 1.807) is 24.3 Å². The predicted molar refractivity (Wildman–Crippen MR) is 146 cm³/mol. The Morgan fingerprint density at radius 3 is 2.71 bits per heavy atom. The number of ether oxygens (including phenoxy) is 4. The van der Waals surface area contributed by atoms with Crippen LogP contribution in [-0.4, -0.2) is 66.7 Å². The van der Waals surface area contributed by atoms with E-state index in [-0.39, 0.29) is 35.6 Å². The first-order valence-corrected chi connectivity index (χ1v) is 13.5. The second kappa shape index (κ2) is 13.2. The zero-order chi connectivity index (χ0) is 29.7. The molecule has 0 saturated carbocycles. The summed E-state index contributed by atoms with van der Waals surface area (Å²) >= 11 is 6.04. The first-order valence-electron chi connectivity index (χ1n) is 13.1. The van der Waals surface area contributed by atoms with E-state index >= 15 is 0 Å². The highest BCUT2D eigenvalue weighted by atomic mass is 35.5. The van der Waals surface area contributed by atoms with Gasteiger partial charge in [-0.05, 0) is 47.7 Å². The maximum absolute atomic E-state index is 13.9. The molecule has 13 heteroatoms. The Labute approximate surface area is 241 Å². The van der Waals surface area contributed by atoms with Crippen LogP contribution in [0, 0.1) is 5.92 Å². The average molecular weight is 587 g/mol. The molecule has 0 unspecified atom stereocenters. The van der Waals surface area contributed by atoms with Gasteiger partial charge < -0.3 is 29.4 Å². The topological polar surface area (TPSA) is 169 Å². The van der Waals surface area contributed by atoms with Gasteiger partial charge in [0.25, 0.3) is 5.91 Å². The second-order valence-corrected chi connectivity index (χ2v) is 10.8. The quantitative estimate of drug-likeness (QED) is 0.179. The van der Waals surface area contributed by atoms with Crippen molar-refractivity contribution in [3.8, 4) is 5.75 Å². The fourth-order valence-electron chi connectivity index (χ4n) is 5.07. The van der Waals surface area contributed by atoms with Crippen LogP contribution in [0.4, 0.5) is 0 Å². The summed E-state index contributed by atoms with van der Waals surface area (Å²) in [5, 5.41) is 17.1. The molecule has 2 N–H and O–H groups in total. The van der Waals surface area contributed by atoms with Crippen molar-refractivity contribution in [1.82, 2.24) is 5.32 Å². The molecule has 1 amide bonds. The van der Waals surface area contributed by atoms with E-state index in [1.807, 2.05) is 13.8 Å². The van der Waals surface area contributed by atoms with Crippen molar-refractivity contribution in [2.75, 3.05) is 7.11 Å². The monoisotopic (exact) mass is 586 g/mol. The number of phenols is 1. The third kappa shape index (κ3) is 7.09. The van der Waals surface area contributed by atoms with Crippen LogP contribution in [0.25, 0.3) is 10.4 Å². The Hall–Kier alpha value is -3.83. The lowest BCUT2D eigenvalue weighted by molar-refractivity contribution is -0.157. The normalized spacial score (nSPS) is 23.1. The molecule has 1 fully saturated rings. The molecule has 1 saturated heterocycles. The number of aromatic hydroxyl groups is 1. The first kappa shape index (κ1) is 30.1. The van der Waals surface area contributed by atoms with Crippen LogP contribution >= 0.6 is 11.6 Å². The number of hydrogen-bond donors (Lipinski definition) is 2. The van der Waals surface area contributed by atoms with E-state index in [4.69, 9.17) is 36.1 Å². The van der Waals surface area contributed by atoms with Crippen molar-refractivity contribution in [2.24, 2.45) is 11.0 Å². The molecule has 2 aromatic rings. The summed E-state index contributed by atoms with van der Waals surface area (Å²) in [5.74, 6) is -2.38. The fraction of sp³-hybridized carbons (Fsp3) is 0.464. The van der Waals surface area contributed by atoms with Crippen LogP contribution in [0.2, 0.25) is 5.02 Å². The molecule has 0 radical (unpaired) electrons. The number of azide groups is 1. The van der Waals surface area contributed by atoms with Gasteiger partial charge in [0.2, 0.25) is 6.10 Å². The van der Waals surface area contributed by atoms with Gasteiger partial charge in [-0.2, -0.15) is 0 Å². The van der Waals surface area contributed by atoms with Gasteiger partial charge >= 0.3 is 11.9 Å². The summed E-state index contributed by atoms with van der Waals surface area (Å²) in [6, 6.07) is 9.22. The minimum atomic E-state index is -1.55. The molecule has 6 atom stereocenters. The van der Waals surface area contributed by atoms with Gasteiger partial charge in [0.05, 0.1) is 17.6 Å². The van der Waals surface area contributed by atoms with Gasteiger partial charge in [0.15, 0.2) is 6.29 Å². The maximum Gasteiger partial charge on any atom is 0.342 e. The van der Waals surface area contributed by atoms with Crippen LogP contribution in [0.15, 0.2) is 47.6 Å². The molecule has 2 aliphatic rings. The van der Waals surface area contributed by atoms with Gasteiger partial charge in [0.1, 0.15) is 23.5 Å². The van der Waals surface area contributed by atoms with Crippen molar-refractivity contribution in [1.29, 1.82) is 0 Å². The summed E-state index contributed by atoms with van der Waals surface area (Å²) in [4.78, 5) is 42.6. The van der Waals surface area contributed by atoms with Crippen LogP contribution in [0.1, 0.15) is 53.0 Å². The predicted octanol–water partition coefficient (Wildman–Crippen LogP) is 4.32. The number of esters is 2. The third-order valence-corrected chi connectivity index (χ3v) is 7.19.